The molecule has 3 N–H and O–H groups in total. The van der Waals surface area contributed by atoms with Crippen LogP contribution in [0.3, 0.4) is 0 Å². The van der Waals surface area contributed by atoms with Crippen molar-refractivity contribution in [3.63, 3.8) is 0 Å². The maximum absolute atomic E-state index is 6.06. The molecular weight excluding hydrogens is 284 g/mol. The molecule has 106 valence electrons. The first-order valence-corrected chi connectivity index (χ1v) is 7.10. The van der Waals surface area contributed by atoms with Crippen LogP contribution in [0.5, 0.6) is 0 Å². The number of halogens is 1. The van der Waals surface area contributed by atoms with E-state index in [9.17, 15) is 0 Å². The molecule has 0 radical (unpaired) electrons. The van der Waals surface area contributed by atoms with Gasteiger partial charge < -0.3 is 11.1 Å². The average molecular weight is 299 g/mol. The van der Waals surface area contributed by atoms with Crippen molar-refractivity contribution in [3.8, 4) is 0 Å². The Hall–Kier alpha value is -2.33. The molecule has 3 rings (SSSR count). The van der Waals surface area contributed by atoms with Crippen LogP contribution in [-0.4, -0.2) is 16.5 Å². The molecule has 0 bridgehead atoms. The number of benzene rings is 2. The van der Waals surface area contributed by atoms with Crippen LogP contribution >= 0.6 is 11.6 Å². The summed E-state index contributed by atoms with van der Waals surface area (Å²) in [4.78, 5) is 7.94. The lowest BCUT2D eigenvalue weighted by molar-refractivity contribution is 1.01. The molecule has 0 saturated carbocycles. The summed E-state index contributed by atoms with van der Waals surface area (Å²) in [5.41, 5.74) is 6.95. The smallest absolute Gasteiger partial charge is 0.150 e. The summed E-state index contributed by atoms with van der Waals surface area (Å²) in [5.74, 6) is 0.865. The summed E-state index contributed by atoms with van der Waals surface area (Å²) in [7, 11) is 0. The molecule has 0 fully saturated rings. The monoisotopic (exact) mass is 298 g/mol. The molecule has 3 aromatic rings. The SMILES string of the molecule is Nc1ncnc(NCCc2cccc3ccccc23)c1Cl. The Kier molecular flexibility index (Phi) is 3.88. The molecule has 5 heteroatoms. The Morgan fingerprint density at radius 3 is 2.76 bits per heavy atom. The third kappa shape index (κ3) is 2.90. The molecule has 2 aromatic carbocycles. The van der Waals surface area contributed by atoms with E-state index < -0.39 is 0 Å². The lowest BCUT2D eigenvalue weighted by atomic mass is 10.0. The topological polar surface area (TPSA) is 63.8 Å². The summed E-state index contributed by atoms with van der Waals surface area (Å²) in [6, 6.07) is 14.7. The number of fused-ring (bicyclic) bond motifs is 1. The number of hydrogen-bond donors (Lipinski definition) is 2. The van der Waals surface area contributed by atoms with E-state index in [4.69, 9.17) is 17.3 Å². The lowest BCUT2D eigenvalue weighted by Gasteiger charge is -2.09. The minimum absolute atomic E-state index is 0.291. The van der Waals surface area contributed by atoms with Crippen LogP contribution in [0.1, 0.15) is 5.56 Å². The Bertz CT molecular complexity index is 768. The fraction of sp³-hybridized carbons (Fsp3) is 0.125. The molecule has 21 heavy (non-hydrogen) atoms. The van der Waals surface area contributed by atoms with Crippen LogP contribution in [0.4, 0.5) is 11.6 Å². The Morgan fingerprint density at radius 1 is 1.05 bits per heavy atom. The zero-order valence-electron chi connectivity index (χ0n) is 11.4. The van der Waals surface area contributed by atoms with Crippen LogP contribution in [-0.2, 0) is 6.42 Å². The maximum atomic E-state index is 6.06. The van der Waals surface area contributed by atoms with Crippen molar-refractivity contribution < 1.29 is 0 Å². The van der Waals surface area contributed by atoms with Gasteiger partial charge >= 0.3 is 0 Å². The zero-order valence-corrected chi connectivity index (χ0v) is 12.1. The molecule has 0 saturated heterocycles. The fourth-order valence-corrected chi connectivity index (χ4v) is 2.50. The van der Waals surface area contributed by atoms with Gasteiger partial charge in [-0.05, 0) is 22.8 Å². The van der Waals surface area contributed by atoms with E-state index in [1.165, 1.54) is 22.7 Å². The number of nitrogens with two attached hydrogens (primary N) is 1. The van der Waals surface area contributed by atoms with Gasteiger partial charge in [0, 0.05) is 6.54 Å². The second-order valence-corrected chi connectivity index (χ2v) is 5.11. The highest BCUT2D eigenvalue weighted by molar-refractivity contribution is 6.35. The van der Waals surface area contributed by atoms with Gasteiger partial charge in [-0.25, -0.2) is 9.97 Å². The van der Waals surface area contributed by atoms with E-state index in [-0.39, 0.29) is 0 Å². The molecule has 0 atom stereocenters. The zero-order chi connectivity index (χ0) is 14.7. The quantitative estimate of drug-likeness (QED) is 0.773. The number of nitrogen functional groups attached to an aromatic ring is 1. The predicted octanol–water partition coefficient (Wildman–Crippen LogP) is 3.52. The highest BCUT2D eigenvalue weighted by Crippen LogP contribution is 2.23. The number of anilines is 2. The first-order chi connectivity index (χ1) is 10.3. The fourth-order valence-electron chi connectivity index (χ4n) is 2.33. The van der Waals surface area contributed by atoms with Crippen molar-refractivity contribution in [2.45, 2.75) is 6.42 Å². The Balaban J connectivity index is 1.74. The second kappa shape index (κ2) is 5.97. The van der Waals surface area contributed by atoms with Crippen LogP contribution in [0, 0.1) is 0 Å². The van der Waals surface area contributed by atoms with E-state index >= 15 is 0 Å². The maximum Gasteiger partial charge on any atom is 0.150 e. The van der Waals surface area contributed by atoms with Crippen LogP contribution in [0.25, 0.3) is 10.8 Å². The highest BCUT2D eigenvalue weighted by Gasteiger charge is 2.06. The van der Waals surface area contributed by atoms with Gasteiger partial charge in [0.15, 0.2) is 0 Å². The van der Waals surface area contributed by atoms with Crippen molar-refractivity contribution in [3.05, 3.63) is 59.4 Å². The normalized spacial score (nSPS) is 10.7. The average Bonchev–Trinajstić information content (AvgIpc) is 2.52. The van der Waals surface area contributed by atoms with E-state index in [1.54, 1.807) is 0 Å². The van der Waals surface area contributed by atoms with Crippen molar-refractivity contribution in [1.82, 2.24) is 9.97 Å². The van der Waals surface area contributed by atoms with Gasteiger partial charge in [0.2, 0.25) is 0 Å². The first-order valence-electron chi connectivity index (χ1n) is 6.72. The summed E-state index contributed by atoms with van der Waals surface area (Å²) in [6.07, 6.45) is 2.28. The second-order valence-electron chi connectivity index (χ2n) is 4.74. The molecule has 0 spiro atoms. The number of nitrogens with one attached hydrogen (secondary N) is 1. The summed E-state index contributed by atoms with van der Waals surface area (Å²) in [5, 5.41) is 6.10. The van der Waals surface area contributed by atoms with E-state index in [0.29, 0.717) is 16.7 Å². The van der Waals surface area contributed by atoms with Crippen LogP contribution in [0.2, 0.25) is 5.02 Å². The Morgan fingerprint density at radius 2 is 1.86 bits per heavy atom. The summed E-state index contributed by atoms with van der Waals surface area (Å²) < 4.78 is 0. The van der Waals surface area contributed by atoms with E-state index in [0.717, 1.165) is 13.0 Å². The van der Waals surface area contributed by atoms with Crippen molar-refractivity contribution >= 4 is 34.0 Å². The van der Waals surface area contributed by atoms with E-state index in [2.05, 4.69) is 51.7 Å². The van der Waals surface area contributed by atoms with Gasteiger partial charge in [-0.2, -0.15) is 0 Å². The number of rotatable bonds is 4. The minimum Gasteiger partial charge on any atom is -0.382 e. The summed E-state index contributed by atoms with van der Waals surface area (Å²) in [6.45, 7) is 0.726. The van der Waals surface area contributed by atoms with Crippen molar-refractivity contribution in [2.75, 3.05) is 17.6 Å². The lowest BCUT2D eigenvalue weighted by Crippen LogP contribution is -2.08. The standard InChI is InChI=1S/C16H15ClN4/c17-14-15(18)20-10-21-16(14)19-9-8-12-6-3-5-11-4-1-2-7-13(11)12/h1-7,10H,8-9H2,(H3,18,19,20,21). The van der Waals surface area contributed by atoms with Gasteiger partial charge in [0.1, 0.15) is 23.0 Å². The largest absolute Gasteiger partial charge is 0.382 e. The highest BCUT2D eigenvalue weighted by atomic mass is 35.5. The molecule has 0 amide bonds. The van der Waals surface area contributed by atoms with Gasteiger partial charge in [-0.1, -0.05) is 54.1 Å². The minimum atomic E-state index is 0.291. The van der Waals surface area contributed by atoms with Crippen molar-refractivity contribution in [1.29, 1.82) is 0 Å². The first kappa shape index (κ1) is 13.6. The van der Waals surface area contributed by atoms with Gasteiger partial charge in [0.05, 0.1) is 0 Å². The van der Waals surface area contributed by atoms with Crippen LogP contribution < -0.4 is 11.1 Å². The third-order valence-corrected chi connectivity index (χ3v) is 3.76. The van der Waals surface area contributed by atoms with Crippen molar-refractivity contribution in [2.24, 2.45) is 0 Å². The van der Waals surface area contributed by atoms with Gasteiger partial charge in [-0.3, -0.25) is 0 Å². The number of nitrogens with zero attached hydrogens (tertiary/aromatic N) is 2. The molecule has 0 aliphatic rings. The molecule has 4 nitrogen and oxygen atoms in total. The molecule has 0 aliphatic heterocycles. The number of aromatic nitrogens is 2. The molecule has 1 heterocycles. The van der Waals surface area contributed by atoms with Gasteiger partial charge in [-0.15, -0.1) is 0 Å². The van der Waals surface area contributed by atoms with Gasteiger partial charge in [0.25, 0.3) is 0 Å². The molecule has 0 unspecified atom stereocenters. The molecular formula is C16H15ClN4. The Labute approximate surface area is 128 Å². The number of hydrogen-bond acceptors (Lipinski definition) is 4. The predicted molar refractivity (Wildman–Crippen MR) is 87.6 cm³/mol. The molecule has 1 aromatic heterocycles. The van der Waals surface area contributed by atoms with E-state index in [1.807, 2.05) is 6.07 Å². The molecule has 0 aliphatic carbocycles. The van der Waals surface area contributed by atoms with Crippen LogP contribution in [0.15, 0.2) is 48.8 Å². The summed E-state index contributed by atoms with van der Waals surface area (Å²) >= 11 is 6.06. The third-order valence-electron chi connectivity index (χ3n) is 3.38.